The summed E-state index contributed by atoms with van der Waals surface area (Å²) in [7, 11) is 0. The van der Waals surface area contributed by atoms with Crippen LogP contribution in [0.3, 0.4) is 0 Å². The Morgan fingerprint density at radius 3 is 2.21 bits per heavy atom. The molecule has 1 saturated heterocycles. The third-order valence-corrected chi connectivity index (χ3v) is 1.84. The molecule has 1 rings (SSSR count). The molecule has 0 aromatic carbocycles. The van der Waals surface area contributed by atoms with E-state index in [1.165, 1.54) is 0 Å². The van der Waals surface area contributed by atoms with Crippen molar-refractivity contribution in [3.05, 3.63) is 0 Å². The molecule has 0 atom stereocenters. The molecule has 0 aromatic heterocycles. The van der Waals surface area contributed by atoms with Gasteiger partial charge in [-0.3, -0.25) is 29.5 Å². The summed E-state index contributed by atoms with van der Waals surface area (Å²) in [6, 6.07) is 0. The maximum absolute atomic E-state index is 11.0. The Balaban J connectivity index is 2.60. The van der Waals surface area contributed by atoms with Gasteiger partial charge in [-0.25, -0.2) is 5.84 Å². The number of imide groups is 1. The molecule has 1 fully saturated rings. The molecule has 3 N–H and O–H groups in total. The van der Waals surface area contributed by atoms with Gasteiger partial charge in [-0.1, -0.05) is 0 Å². The molecule has 1 heterocycles. The lowest BCUT2D eigenvalue weighted by atomic mass is 10.3. The van der Waals surface area contributed by atoms with Gasteiger partial charge in [0.25, 0.3) is 0 Å². The van der Waals surface area contributed by atoms with E-state index in [-0.39, 0.29) is 12.8 Å². The van der Waals surface area contributed by atoms with E-state index < -0.39 is 30.0 Å². The first-order valence-corrected chi connectivity index (χ1v) is 3.93. The second kappa shape index (κ2) is 3.97. The van der Waals surface area contributed by atoms with E-state index in [0.29, 0.717) is 0 Å². The molecule has 0 spiro atoms. The van der Waals surface area contributed by atoms with Crippen LogP contribution in [0.5, 0.6) is 0 Å². The van der Waals surface area contributed by atoms with E-state index >= 15 is 0 Å². The molecule has 7 nitrogen and oxygen atoms in total. The Labute approximate surface area is 79.2 Å². The maximum Gasteiger partial charge on any atom is 0.303 e. The summed E-state index contributed by atoms with van der Waals surface area (Å²) in [4.78, 5) is 44.5. The molecule has 76 valence electrons. The van der Waals surface area contributed by atoms with Gasteiger partial charge in [0.2, 0.25) is 17.6 Å². The Hall–Kier alpha value is -1.76. The summed E-state index contributed by atoms with van der Waals surface area (Å²) in [6.45, 7) is -0.527. The van der Waals surface area contributed by atoms with Gasteiger partial charge in [0, 0.05) is 12.8 Å². The van der Waals surface area contributed by atoms with E-state index in [4.69, 9.17) is 5.84 Å². The lowest BCUT2D eigenvalue weighted by Crippen LogP contribution is -2.43. The van der Waals surface area contributed by atoms with E-state index in [2.05, 4.69) is 0 Å². The van der Waals surface area contributed by atoms with Gasteiger partial charge < -0.3 is 0 Å². The Morgan fingerprint density at radius 2 is 1.79 bits per heavy atom. The van der Waals surface area contributed by atoms with E-state index in [1.807, 2.05) is 0 Å². The van der Waals surface area contributed by atoms with Gasteiger partial charge in [-0.2, -0.15) is 0 Å². The molecule has 0 bridgehead atoms. The van der Waals surface area contributed by atoms with Gasteiger partial charge in [0.1, 0.15) is 0 Å². The van der Waals surface area contributed by atoms with Gasteiger partial charge in [0.15, 0.2) is 0 Å². The van der Waals surface area contributed by atoms with Crippen LogP contribution in [-0.2, 0) is 19.2 Å². The molecule has 3 amide bonds. The number of Topliss-reactive ketones (excluding diaryl/α,β-unsaturated/α-hetero) is 1. The number of likely N-dealkylation sites (tertiary alicyclic amines) is 1. The molecule has 0 radical (unpaired) electrons. The van der Waals surface area contributed by atoms with Crippen LogP contribution in [0.15, 0.2) is 0 Å². The third kappa shape index (κ3) is 1.94. The van der Waals surface area contributed by atoms with Crippen LogP contribution in [0.2, 0.25) is 0 Å². The lowest BCUT2D eigenvalue weighted by molar-refractivity contribution is -0.145. The minimum absolute atomic E-state index is 0.0936. The summed E-state index contributed by atoms with van der Waals surface area (Å²) >= 11 is 0. The van der Waals surface area contributed by atoms with E-state index in [0.717, 1.165) is 4.90 Å². The maximum atomic E-state index is 11.0. The molecule has 0 aliphatic carbocycles. The second-order valence-electron chi connectivity index (χ2n) is 2.77. The number of hydrazine groups is 1. The van der Waals surface area contributed by atoms with Crippen LogP contribution < -0.4 is 11.3 Å². The van der Waals surface area contributed by atoms with Crippen LogP contribution in [-0.4, -0.2) is 34.9 Å². The first-order chi connectivity index (χ1) is 6.56. The van der Waals surface area contributed by atoms with Crippen molar-refractivity contribution in [1.29, 1.82) is 0 Å². The Kier molecular flexibility index (Phi) is 2.92. The van der Waals surface area contributed by atoms with Gasteiger partial charge in [-0.05, 0) is 0 Å². The van der Waals surface area contributed by atoms with Crippen LogP contribution in [0.25, 0.3) is 0 Å². The first kappa shape index (κ1) is 10.3. The number of nitrogens with zero attached hydrogens (tertiary/aromatic N) is 1. The quantitative estimate of drug-likeness (QED) is 0.174. The topological polar surface area (TPSA) is 110 Å². The zero-order valence-electron chi connectivity index (χ0n) is 7.28. The average Bonchev–Trinajstić information content (AvgIpc) is 2.48. The largest absolute Gasteiger partial charge is 0.303 e. The zero-order valence-corrected chi connectivity index (χ0v) is 7.28. The SMILES string of the molecule is NNC(=O)C(=O)CN1C(=O)CCC1=O. The first-order valence-electron chi connectivity index (χ1n) is 3.93. The standard InChI is InChI=1S/C7H9N3O4/c8-9-7(14)4(11)3-10-5(12)1-2-6(10)13/h1-3,8H2,(H,9,14). The lowest BCUT2D eigenvalue weighted by Gasteiger charge is -2.11. The fraction of sp³-hybridized carbons (Fsp3) is 0.429. The number of hydrogen-bond donors (Lipinski definition) is 2. The number of hydrogen-bond acceptors (Lipinski definition) is 5. The number of amides is 3. The van der Waals surface area contributed by atoms with Crippen molar-refractivity contribution in [3.63, 3.8) is 0 Å². The van der Waals surface area contributed by atoms with Crippen molar-refractivity contribution in [1.82, 2.24) is 10.3 Å². The van der Waals surface area contributed by atoms with Crippen molar-refractivity contribution in [2.75, 3.05) is 6.54 Å². The summed E-state index contributed by atoms with van der Waals surface area (Å²) in [5.41, 5.74) is 1.63. The zero-order chi connectivity index (χ0) is 10.7. The van der Waals surface area contributed by atoms with Gasteiger partial charge >= 0.3 is 5.91 Å². The highest BCUT2D eigenvalue weighted by Gasteiger charge is 2.31. The third-order valence-electron chi connectivity index (χ3n) is 1.84. The highest BCUT2D eigenvalue weighted by Crippen LogP contribution is 2.10. The Morgan fingerprint density at radius 1 is 1.29 bits per heavy atom. The second-order valence-corrected chi connectivity index (χ2v) is 2.77. The monoisotopic (exact) mass is 199 g/mol. The van der Waals surface area contributed by atoms with Crippen LogP contribution in [0, 0.1) is 0 Å². The van der Waals surface area contributed by atoms with Crippen molar-refractivity contribution >= 4 is 23.5 Å². The normalized spacial score (nSPS) is 15.9. The molecule has 1 aliphatic rings. The highest BCUT2D eigenvalue weighted by molar-refractivity contribution is 6.37. The number of carbonyl (C=O) groups excluding carboxylic acids is 4. The molecular weight excluding hydrogens is 190 g/mol. The molecule has 0 aromatic rings. The number of rotatable bonds is 3. The van der Waals surface area contributed by atoms with Crippen LogP contribution in [0.4, 0.5) is 0 Å². The van der Waals surface area contributed by atoms with Gasteiger partial charge in [-0.15, -0.1) is 0 Å². The number of nitrogens with one attached hydrogen (secondary N) is 1. The number of carbonyl (C=O) groups is 4. The summed E-state index contributed by atoms with van der Waals surface area (Å²) in [5, 5.41) is 0. The molecule has 14 heavy (non-hydrogen) atoms. The fourth-order valence-electron chi connectivity index (χ4n) is 1.10. The van der Waals surface area contributed by atoms with E-state index in [9.17, 15) is 19.2 Å². The Bertz CT molecular complexity index is 296. The average molecular weight is 199 g/mol. The minimum atomic E-state index is -1.02. The van der Waals surface area contributed by atoms with Crippen LogP contribution in [0.1, 0.15) is 12.8 Å². The number of ketones is 1. The summed E-state index contributed by atoms with van der Waals surface area (Å²) in [5.74, 6) is 1.91. The molecule has 1 aliphatic heterocycles. The predicted octanol–water partition coefficient (Wildman–Crippen LogP) is -2.31. The smallest absolute Gasteiger partial charge is 0.288 e. The van der Waals surface area contributed by atoms with Crippen LogP contribution >= 0.6 is 0 Å². The highest BCUT2D eigenvalue weighted by atomic mass is 16.2. The minimum Gasteiger partial charge on any atom is -0.288 e. The van der Waals surface area contributed by atoms with Crippen molar-refractivity contribution < 1.29 is 19.2 Å². The van der Waals surface area contributed by atoms with E-state index in [1.54, 1.807) is 5.43 Å². The van der Waals surface area contributed by atoms with Crippen molar-refractivity contribution in [3.8, 4) is 0 Å². The fourth-order valence-corrected chi connectivity index (χ4v) is 1.10. The molecular formula is C7H9N3O4. The summed E-state index contributed by atoms with van der Waals surface area (Å²) in [6.07, 6.45) is 0.187. The summed E-state index contributed by atoms with van der Waals surface area (Å²) < 4.78 is 0. The predicted molar refractivity (Wildman–Crippen MR) is 43.3 cm³/mol. The molecule has 7 heteroatoms. The van der Waals surface area contributed by atoms with Gasteiger partial charge in [0.05, 0.1) is 6.54 Å². The number of nitrogens with two attached hydrogens (primary N) is 1. The van der Waals surface area contributed by atoms with Crippen molar-refractivity contribution in [2.24, 2.45) is 5.84 Å². The molecule has 0 unspecified atom stereocenters. The van der Waals surface area contributed by atoms with Crippen molar-refractivity contribution in [2.45, 2.75) is 12.8 Å². The molecule has 0 saturated carbocycles.